The maximum Gasteiger partial charge on any atom is 0.224 e. The van der Waals surface area contributed by atoms with Crippen molar-refractivity contribution in [1.82, 2.24) is 5.32 Å². The Labute approximate surface area is 143 Å². The molecule has 1 saturated heterocycles. The summed E-state index contributed by atoms with van der Waals surface area (Å²) in [6.45, 7) is 5.65. The second-order valence-electron chi connectivity index (χ2n) is 6.41. The number of nitrogens with one attached hydrogen (secondary N) is 3. The molecule has 3 N–H and O–H groups in total. The summed E-state index contributed by atoms with van der Waals surface area (Å²) in [7, 11) is 1.56. The van der Waals surface area contributed by atoms with Gasteiger partial charge in [0.05, 0.1) is 12.8 Å². The standard InChI is InChI=1S/C18H27N3O3/c1-12(14-6-8-19-9-7-14)10-18(23)21-16-11-15(20-13(2)22)4-5-17(16)24-3/h4-5,11-12,14,19H,6-10H2,1-3H3,(H,20,22)(H,21,23). The lowest BCUT2D eigenvalue weighted by Crippen LogP contribution is -2.32. The first kappa shape index (κ1) is 18.3. The molecule has 6 nitrogen and oxygen atoms in total. The van der Waals surface area contributed by atoms with Crippen molar-refractivity contribution in [2.75, 3.05) is 30.8 Å². The highest BCUT2D eigenvalue weighted by atomic mass is 16.5. The lowest BCUT2D eigenvalue weighted by atomic mass is 9.84. The van der Waals surface area contributed by atoms with Crippen LogP contribution in [0.3, 0.4) is 0 Å². The summed E-state index contributed by atoms with van der Waals surface area (Å²) in [5.41, 5.74) is 1.20. The highest BCUT2D eigenvalue weighted by Gasteiger charge is 2.22. The molecule has 1 aromatic rings. The summed E-state index contributed by atoms with van der Waals surface area (Å²) in [6, 6.07) is 5.19. The molecule has 1 heterocycles. The summed E-state index contributed by atoms with van der Waals surface area (Å²) in [5, 5.41) is 8.97. The fourth-order valence-corrected chi connectivity index (χ4v) is 3.16. The van der Waals surface area contributed by atoms with E-state index in [1.54, 1.807) is 25.3 Å². The number of rotatable bonds is 6. The molecule has 24 heavy (non-hydrogen) atoms. The number of piperidine rings is 1. The molecule has 1 unspecified atom stereocenters. The van der Waals surface area contributed by atoms with Crippen LogP contribution < -0.4 is 20.7 Å². The van der Waals surface area contributed by atoms with Crippen molar-refractivity contribution in [2.24, 2.45) is 11.8 Å². The van der Waals surface area contributed by atoms with E-state index in [0.29, 0.717) is 35.4 Å². The number of hydrogen-bond donors (Lipinski definition) is 3. The molecule has 1 fully saturated rings. The van der Waals surface area contributed by atoms with E-state index in [-0.39, 0.29) is 11.8 Å². The fraction of sp³-hybridized carbons (Fsp3) is 0.556. The minimum absolute atomic E-state index is 0.0284. The van der Waals surface area contributed by atoms with Crippen molar-refractivity contribution in [2.45, 2.75) is 33.1 Å². The summed E-state index contributed by atoms with van der Waals surface area (Å²) in [5.74, 6) is 1.32. The van der Waals surface area contributed by atoms with Crippen LogP contribution in [0.25, 0.3) is 0 Å². The van der Waals surface area contributed by atoms with Gasteiger partial charge < -0.3 is 20.7 Å². The lowest BCUT2D eigenvalue weighted by Gasteiger charge is -2.28. The molecule has 1 aliphatic heterocycles. The Morgan fingerprint density at radius 1 is 1.29 bits per heavy atom. The quantitative estimate of drug-likeness (QED) is 0.748. The Kier molecular flexibility index (Phi) is 6.61. The number of carbonyl (C=O) groups excluding carboxylic acids is 2. The average Bonchev–Trinajstić information content (AvgIpc) is 2.55. The van der Waals surface area contributed by atoms with E-state index in [1.807, 2.05) is 0 Å². The van der Waals surface area contributed by atoms with Gasteiger partial charge in [0.1, 0.15) is 5.75 Å². The van der Waals surface area contributed by atoms with E-state index in [2.05, 4.69) is 22.9 Å². The van der Waals surface area contributed by atoms with Gasteiger partial charge in [0.2, 0.25) is 11.8 Å². The highest BCUT2D eigenvalue weighted by Crippen LogP contribution is 2.29. The molecule has 0 bridgehead atoms. The zero-order valence-corrected chi connectivity index (χ0v) is 14.6. The topological polar surface area (TPSA) is 79.5 Å². The van der Waals surface area contributed by atoms with Crippen molar-refractivity contribution in [3.63, 3.8) is 0 Å². The Balaban J connectivity index is 1.99. The Bertz CT molecular complexity index is 583. The summed E-state index contributed by atoms with van der Waals surface area (Å²) < 4.78 is 5.29. The van der Waals surface area contributed by atoms with Crippen molar-refractivity contribution >= 4 is 23.2 Å². The third kappa shape index (κ3) is 5.23. The van der Waals surface area contributed by atoms with Crippen LogP contribution in [-0.4, -0.2) is 32.0 Å². The van der Waals surface area contributed by atoms with Gasteiger partial charge in [-0.3, -0.25) is 9.59 Å². The van der Waals surface area contributed by atoms with E-state index in [0.717, 1.165) is 25.9 Å². The van der Waals surface area contributed by atoms with Crippen LogP contribution in [0.2, 0.25) is 0 Å². The molecule has 2 rings (SSSR count). The molecular weight excluding hydrogens is 306 g/mol. The average molecular weight is 333 g/mol. The number of amides is 2. The summed E-state index contributed by atoms with van der Waals surface area (Å²) in [6.07, 6.45) is 2.73. The third-order valence-corrected chi connectivity index (χ3v) is 4.49. The highest BCUT2D eigenvalue weighted by molar-refractivity contribution is 5.95. The smallest absolute Gasteiger partial charge is 0.224 e. The van der Waals surface area contributed by atoms with Gasteiger partial charge in [-0.2, -0.15) is 0 Å². The molecule has 2 amide bonds. The fourth-order valence-electron chi connectivity index (χ4n) is 3.16. The first-order valence-electron chi connectivity index (χ1n) is 8.45. The Morgan fingerprint density at radius 3 is 2.62 bits per heavy atom. The number of carbonyl (C=O) groups is 2. The number of ether oxygens (including phenoxy) is 1. The van der Waals surface area contributed by atoms with Gasteiger partial charge >= 0.3 is 0 Å². The second-order valence-corrected chi connectivity index (χ2v) is 6.41. The molecule has 0 radical (unpaired) electrons. The number of benzene rings is 1. The number of hydrogen-bond acceptors (Lipinski definition) is 4. The third-order valence-electron chi connectivity index (χ3n) is 4.49. The first-order chi connectivity index (χ1) is 11.5. The number of anilines is 2. The normalized spacial score (nSPS) is 16.3. The molecule has 0 aliphatic carbocycles. The van der Waals surface area contributed by atoms with E-state index >= 15 is 0 Å². The van der Waals surface area contributed by atoms with Gasteiger partial charge in [-0.1, -0.05) is 6.92 Å². The summed E-state index contributed by atoms with van der Waals surface area (Å²) in [4.78, 5) is 23.6. The largest absolute Gasteiger partial charge is 0.495 e. The van der Waals surface area contributed by atoms with Crippen LogP contribution >= 0.6 is 0 Å². The van der Waals surface area contributed by atoms with E-state index in [4.69, 9.17) is 4.74 Å². The Morgan fingerprint density at radius 2 is 2.00 bits per heavy atom. The zero-order valence-electron chi connectivity index (χ0n) is 14.6. The van der Waals surface area contributed by atoms with Crippen molar-refractivity contribution in [3.8, 4) is 5.75 Å². The van der Waals surface area contributed by atoms with E-state index < -0.39 is 0 Å². The van der Waals surface area contributed by atoms with Gasteiger partial charge in [-0.05, 0) is 56.0 Å². The van der Waals surface area contributed by atoms with Gasteiger partial charge in [0.15, 0.2) is 0 Å². The van der Waals surface area contributed by atoms with Crippen LogP contribution in [0.15, 0.2) is 18.2 Å². The van der Waals surface area contributed by atoms with Crippen LogP contribution in [0.1, 0.15) is 33.1 Å². The predicted octanol–water partition coefficient (Wildman–Crippen LogP) is 2.62. The minimum Gasteiger partial charge on any atom is -0.495 e. The molecule has 0 spiro atoms. The molecule has 1 aliphatic rings. The van der Waals surface area contributed by atoms with Crippen molar-refractivity contribution < 1.29 is 14.3 Å². The summed E-state index contributed by atoms with van der Waals surface area (Å²) >= 11 is 0. The molecule has 6 heteroatoms. The van der Waals surface area contributed by atoms with Gasteiger partial charge in [0, 0.05) is 19.0 Å². The van der Waals surface area contributed by atoms with Crippen molar-refractivity contribution in [1.29, 1.82) is 0 Å². The van der Waals surface area contributed by atoms with Crippen LogP contribution in [-0.2, 0) is 9.59 Å². The maximum absolute atomic E-state index is 12.4. The lowest BCUT2D eigenvalue weighted by molar-refractivity contribution is -0.117. The van der Waals surface area contributed by atoms with Crippen LogP contribution in [0, 0.1) is 11.8 Å². The molecule has 1 atom stereocenters. The number of methoxy groups -OCH3 is 1. The van der Waals surface area contributed by atoms with Crippen molar-refractivity contribution in [3.05, 3.63) is 18.2 Å². The molecule has 0 saturated carbocycles. The molecule has 1 aromatic carbocycles. The molecular formula is C18H27N3O3. The van der Waals surface area contributed by atoms with Gasteiger partial charge in [0.25, 0.3) is 0 Å². The SMILES string of the molecule is COc1ccc(NC(C)=O)cc1NC(=O)CC(C)C1CCNCC1. The van der Waals surface area contributed by atoms with Crippen LogP contribution in [0.4, 0.5) is 11.4 Å². The minimum atomic E-state index is -0.156. The predicted molar refractivity (Wildman–Crippen MR) is 95.3 cm³/mol. The molecule has 132 valence electrons. The molecule has 0 aromatic heterocycles. The maximum atomic E-state index is 12.4. The first-order valence-corrected chi connectivity index (χ1v) is 8.45. The second kappa shape index (κ2) is 8.68. The zero-order chi connectivity index (χ0) is 17.5. The van der Waals surface area contributed by atoms with Gasteiger partial charge in [-0.15, -0.1) is 0 Å². The Hall–Kier alpha value is -2.08. The van der Waals surface area contributed by atoms with Gasteiger partial charge in [-0.25, -0.2) is 0 Å². The monoisotopic (exact) mass is 333 g/mol. The van der Waals surface area contributed by atoms with E-state index in [1.165, 1.54) is 6.92 Å². The van der Waals surface area contributed by atoms with E-state index in [9.17, 15) is 9.59 Å². The van der Waals surface area contributed by atoms with Crippen LogP contribution in [0.5, 0.6) is 5.75 Å².